The third kappa shape index (κ3) is 3.93. The van der Waals surface area contributed by atoms with Crippen LogP contribution in [0.2, 0.25) is 0 Å². The second-order valence-corrected chi connectivity index (χ2v) is 8.83. The molecule has 0 saturated heterocycles. The standard InChI is InChI=1S/C22H32N2O3/c1-13(2)17-5-4-14(3)8-20(17)27-22(25)19-10-15-9-18-21(26-7-6-23-18)11-16(15)12-24-19/h9,11,13-14,17,19-20,23-24H,4-8,10,12H2,1-3H3/t14-,17+,19?,20-/m1/s1. The zero-order chi connectivity index (χ0) is 19.0. The molecule has 27 heavy (non-hydrogen) atoms. The number of esters is 1. The van der Waals surface area contributed by atoms with E-state index in [0.29, 0.717) is 37.3 Å². The van der Waals surface area contributed by atoms with Gasteiger partial charge in [0.05, 0.1) is 5.69 Å². The summed E-state index contributed by atoms with van der Waals surface area (Å²) in [5.74, 6) is 2.49. The molecule has 1 saturated carbocycles. The summed E-state index contributed by atoms with van der Waals surface area (Å²) < 4.78 is 11.8. The van der Waals surface area contributed by atoms with Crippen molar-refractivity contribution < 1.29 is 14.3 Å². The predicted octanol–water partition coefficient (Wildman–Crippen LogP) is 3.51. The molecule has 0 bridgehead atoms. The Morgan fingerprint density at radius 2 is 2.11 bits per heavy atom. The van der Waals surface area contributed by atoms with Gasteiger partial charge in [0.2, 0.25) is 0 Å². The van der Waals surface area contributed by atoms with E-state index in [2.05, 4.69) is 43.5 Å². The lowest BCUT2D eigenvalue weighted by Crippen LogP contribution is -2.46. The van der Waals surface area contributed by atoms with Crippen LogP contribution in [0.15, 0.2) is 12.1 Å². The second kappa shape index (κ2) is 7.70. The molecule has 1 aromatic carbocycles. The second-order valence-electron chi connectivity index (χ2n) is 8.83. The Morgan fingerprint density at radius 1 is 1.26 bits per heavy atom. The average Bonchev–Trinajstić information content (AvgIpc) is 2.65. The summed E-state index contributed by atoms with van der Waals surface area (Å²) in [4.78, 5) is 12.9. The summed E-state index contributed by atoms with van der Waals surface area (Å²) in [5.41, 5.74) is 3.47. The molecule has 4 atom stereocenters. The maximum atomic E-state index is 12.9. The summed E-state index contributed by atoms with van der Waals surface area (Å²) in [6.07, 6.45) is 4.13. The maximum Gasteiger partial charge on any atom is 0.323 e. The van der Waals surface area contributed by atoms with Crippen LogP contribution in [-0.2, 0) is 22.5 Å². The quantitative estimate of drug-likeness (QED) is 0.795. The van der Waals surface area contributed by atoms with Crippen molar-refractivity contribution in [2.24, 2.45) is 17.8 Å². The first-order valence-corrected chi connectivity index (χ1v) is 10.5. The van der Waals surface area contributed by atoms with Crippen LogP contribution < -0.4 is 15.4 Å². The van der Waals surface area contributed by atoms with E-state index in [9.17, 15) is 4.79 Å². The van der Waals surface area contributed by atoms with Gasteiger partial charge < -0.3 is 20.1 Å². The number of rotatable bonds is 3. The lowest BCUT2D eigenvalue weighted by molar-refractivity contribution is -0.158. The largest absolute Gasteiger partial charge is 0.490 e. The number of hydrogen-bond donors (Lipinski definition) is 2. The van der Waals surface area contributed by atoms with Crippen LogP contribution in [-0.4, -0.2) is 31.3 Å². The Bertz CT molecular complexity index is 703. The predicted molar refractivity (Wildman–Crippen MR) is 106 cm³/mol. The SMILES string of the molecule is CC(C)[C@@H]1CC[C@@H](C)C[C@H]1OC(=O)C1Cc2cc3c(cc2CN1)OCCN3. The molecule has 0 radical (unpaired) electrons. The molecule has 4 rings (SSSR count). The highest BCUT2D eigenvalue weighted by Crippen LogP contribution is 2.36. The molecule has 1 aliphatic carbocycles. The first-order valence-electron chi connectivity index (χ1n) is 10.5. The molecular weight excluding hydrogens is 340 g/mol. The zero-order valence-electron chi connectivity index (χ0n) is 16.7. The summed E-state index contributed by atoms with van der Waals surface area (Å²) in [6, 6.07) is 3.98. The molecule has 0 aromatic heterocycles. The highest BCUT2D eigenvalue weighted by molar-refractivity contribution is 5.77. The van der Waals surface area contributed by atoms with Crippen molar-refractivity contribution >= 4 is 11.7 Å². The maximum absolute atomic E-state index is 12.9. The number of anilines is 1. The van der Waals surface area contributed by atoms with E-state index in [-0.39, 0.29) is 18.1 Å². The number of fused-ring (bicyclic) bond motifs is 2. The molecule has 5 nitrogen and oxygen atoms in total. The zero-order valence-corrected chi connectivity index (χ0v) is 16.7. The number of ether oxygens (including phenoxy) is 2. The Balaban J connectivity index is 1.44. The van der Waals surface area contributed by atoms with Gasteiger partial charge in [-0.05, 0) is 60.3 Å². The lowest BCUT2D eigenvalue weighted by Gasteiger charge is -2.38. The van der Waals surface area contributed by atoms with Gasteiger partial charge in [0.1, 0.15) is 24.5 Å². The molecule has 0 amide bonds. The first kappa shape index (κ1) is 18.6. The van der Waals surface area contributed by atoms with Gasteiger partial charge in [0, 0.05) is 13.1 Å². The fourth-order valence-corrected chi connectivity index (χ4v) is 4.80. The molecular formula is C22H32N2O3. The van der Waals surface area contributed by atoms with Crippen LogP contribution in [0.3, 0.4) is 0 Å². The van der Waals surface area contributed by atoms with E-state index in [1.54, 1.807) is 0 Å². The fraction of sp³-hybridized carbons (Fsp3) is 0.682. The van der Waals surface area contributed by atoms with Crippen molar-refractivity contribution in [2.75, 3.05) is 18.5 Å². The number of benzene rings is 1. The molecule has 148 valence electrons. The van der Waals surface area contributed by atoms with Gasteiger partial charge in [0.25, 0.3) is 0 Å². The highest BCUT2D eigenvalue weighted by Gasteiger charge is 2.36. The summed E-state index contributed by atoms with van der Waals surface area (Å²) in [7, 11) is 0. The van der Waals surface area contributed by atoms with Gasteiger partial charge in [-0.2, -0.15) is 0 Å². The number of hydrogen-bond acceptors (Lipinski definition) is 5. The van der Waals surface area contributed by atoms with Crippen LogP contribution in [0, 0.1) is 17.8 Å². The minimum Gasteiger partial charge on any atom is -0.490 e. The molecule has 5 heteroatoms. The van der Waals surface area contributed by atoms with Crippen molar-refractivity contribution in [3.05, 3.63) is 23.3 Å². The third-order valence-corrected chi connectivity index (χ3v) is 6.45. The van der Waals surface area contributed by atoms with E-state index in [0.717, 1.165) is 30.8 Å². The first-order chi connectivity index (χ1) is 13.0. The van der Waals surface area contributed by atoms with Gasteiger partial charge >= 0.3 is 5.97 Å². The van der Waals surface area contributed by atoms with Crippen LogP contribution >= 0.6 is 0 Å². The average molecular weight is 373 g/mol. The normalized spacial score (nSPS) is 29.9. The smallest absolute Gasteiger partial charge is 0.323 e. The van der Waals surface area contributed by atoms with Crippen LogP contribution in [0.1, 0.15) is 51.2 Å². The Hall–Kier alpha value is -1.75. The van der Waals surface area contributed by atoms with E-state index in [1.807, 2.05) is 0 Å². The molecule has 2 N–H and O–H groups in total. The van der Waals surface area contributed by atoms with Crippen molar-refractivity contribution in [2.45, 2.75) is 65.1 Å². The lowest BCUT2D eigenvalue weighted by atomic mass is 9.75. The van der Waals surface area contributed by atoms with Gasteiger partial charge in [0.15, 0.2) is 0 Å². The Labute approximate surface area is 162 Å². The van der Waals surface area contributed by atoms with Crippen LogP contribution in [0.5, 0.6) is 5.75 Å². The Kier molecular flexibility index (Phi) is 5.31. The van der Waals surface area contributed by atoms with Crippen molar-refractivity contribution in [1.29, 1.82) is 0 Å². The highest BCUT2D eigenvalue weighted by atomic mass is 16.5. The van der Waals surface area contributed by atoms with Crippen molar-refractivity contribution in [3.63, 3.8) is 0 Å². The molecule has 2 heterocycles. The van der Waals surface area contributed by atoms with E-state index >= 15 is 0 Å². The molecule has 0 spiro atoms. The molecule has 3 aliphatic rings. The summed E-state index contributed by atoms with van der Waals surface area (Å²) >= 11 is 0. The topological polar surface area (TPSA) is 59.6 Å². The Morgan fingerprint density at radius 3 is 2.93 bits per heavy atom. The van der Waals surface area contributed by atoms with Crippen molar-refractivity contribution in [3.8, 4) is 5.75 Å². The fourth-order valence-electron chi connectivity index (χ4n) is 4.80. The number of carbonyl (C=O) groups excluding carboxylic acids is 1. The van der Waals surface area contributed by atoms with E-state index < -0.39 is 0 Å². The summed E-state index contributed by atoms with van der Waals surface area (Å²) in [6.45, 7) is 8.96. The van der Waals surface area contributed by atoms with Gasteiger partial charge in [-0.25, -0.2) is 0 Å². The van der Waals surface area contributed by atoms with Crippen molar-refractivity contribution in [1.82, 2.24) is 5.32 Å². The van der Waals surface area contributed by atoms with Crippen LogP contribution in [0.25, 0.3) is 0 Å². The van der Waals surface area contributed by atoms with Gasteiger partial charge in [-0.3, -0.25) is 4.79 Å². The van der Waals surface area contributed by atoms with Gasteiger partial charge in [-0.15, -0.1) is 0 Å². The minimum absolute atomic E-state index is 0.0584. The summed E-state index contributed by atoms with van der Waals surface area (Å²) in [5, 5.41) is 6.76. The molecule has 1 aromatic rings. The number of nitrogens with one attached hydrogen (secondary N) is 2. The van der Waals surface area contributed by atoms with Gasteiger partial charge in [-0.1, -0.05) is 27.2 Å². The molecule has 2 aliphatic heterocycles. The monoisotopic (exact) mass is 372 g/mol. The third-order valence-electron chi connectivity index (χ3n) is 6.45. The number of carbonyl (C=O) groups is 1. The minimum atomic E-state index is -0.259. The van der Waals surface area contributed by atoms with Crippen LogP contribution in [0.4, 0.5) is 5.69 Å². The van der Waals surface area contributed by atoms with E-state index in [4.69, 9.17) is 9.47 Å². The molecule has 1 unspecified atom stereocenters. The molecule has 1 fully saturated rings. The van der Waals surface area contributed by atoms with E-state index in [1.165, 1.54) is 17.5 Å².